The van der Waals surface area contributed by atoms with Crippen LogP contribution in [0.5, 0.6) is 5.75 Å². The van der Waals surface area contributed by atoms with Crippen LogP contribution in [0.3, 0.4) is 0 Å². The highest BCUT2D eigenvalue weighted by molar-refractivity contribution is 7.92. The summed E-state index contributed by atoms with van der Waals surface area (Å²) >= 11 is 0. The Labute approximate surface area is 269 Å². The number of nitrogens with one attached hydrogen (secondary N) is 3. The molecule has 0 radical (unpaired) electrons. The number of aromatic nitrogens is 6. The number of rotatable bonds is 12. The van der Waals surface area contributed by atoms with E-state index < -0.39 is 21.7 Å². The first-order chi connectivity index (χ1) is 22.7. The molecule has 15 heteroatoms. The molecule has 6 aromatic rings. The van der Waals surface area contributed by atoms with Gasteiger partial charge in [0.2, 0.25) is 10.0 Å². The van der Waals surface area contributed by atoms with Crippen molar-refractivity contribution in [3.8, 4) is 17.3 Å². The van der Waals surface area contributed by atoms with Crippen LogP contribution in [0.15, 0.2) is 85.5 Å². The smallest absolute Gasteiger partial charge is 0.232 e. The van der Waals surface area contributed by atoms with Gasteiger partial charge < -0.3 is 15.4 Å². The van der Waals surface area contributed by atoms with Crippen LogP contribution in [0.25, 0.3) is 22.4 Å². The Morgan fingerprint density at radius 2 is 1.40 bits per heavy atom. The highest BCUT2D eigenvalue weighted by atomic mass is 32.2. The molecule has 12 nitrogen and oxygen atoms in total. The van der Waals surface area contributed by atoms with Gasteiger partial charge in [0.1, 0.15) is 28.8 Å². The van der Waals surface area contributed by atoms with Crippen LogP contribution >= 0.6 is 0 Å². The van der Waals surface area contributed by atoms with Crippen LogP contribution in [-0.4, -0.2) is 50.5 Å². The van der Waals surface area contributed by atoms with Crippen LogP contribution in [-0.2, 0) is 16.6 Å². The molecule has 4 aromatic heterocycles. The summed E-state index contributed by atoms with van der Waals surface area (Å²) < 4.78 is 65.3. The maximum absolute atomic E-state index is 15.1. The average Bonchev–Trinajstić information content (AvgIpc) is 3.43. The number of hydrogen-bond acceptors (Lipinski definition) is 10. The first-order valence-electron chi connectivity index (χ1n) is 14.6. The van der Waals surface area contributed by atoms with Crippen LogP contribution < -0.4 is 20.1 Å². The molecular formula is C32H29F2N9O3S. The molecular weight excluding hydrogens is 628 g/mol. The molecule has 0 aliphatic rings. The van der Waals surface area contributed by atoms with E-state index >= 15 is 8.78 Å². The molecule has 240 valence electrons. The lowest BCUT2D eigenvalue weighted by molar-refractivity contribution is 0.335. The standard InChI is InChI=1S/C32H29F2N9O3S/c1-3-46-22-17-25(33)24(26(34)18-22)19-43-27-8-6-5-7-23(27)28(41-43)30-39-31(37-20-9-13-35-14-10-20)29(42-47(44,45)4-2)32(40-30)38-21-11-15-36-16-12-21/h5-18,42H,3-4,19H2,1-2H3,(H2,35,36,37,38,39,40). The van der Waals surface area contributed by atoms with Gasteiger partial charge in [-0.1, -0.05) is 18.2 Å². The zero-order valence-corrected chi connectivity index (χ0v) is 26.1. The van der Waals surface area contributed by atoms with E-state index in [1.54, 1.807) is 80.2 Å². The summed E-state index contributed by atoms with van der Waals surface area (Å²) in [5, 5.41) is 11.7. The quantitative estimate of drug-likeness (QED) is 0.138. The second-order valence-corrected chi connectivity index (χ2v) is 12.2. The third-order valence-electron chi connectivity index (χ3n) is 7.04. The number of halogens is 2. The zero-order chi connectivity index (χ0) is 33.0. The first-order valence-corrected chi connectivity index (χ1v) is 16.2. The van der Waals surface area contributed by atoms with Gasteiger partial charge in [0, 0.05) is 59.2 Å². The molecule has 3 N–H and O–H groups in total. The summed E-state index contributed by atoms with van der Waals surface area (Å²) in [4.78, 5) is 17.6. The largest absolute Gasteiger partial charge is 0.494 e. The number of nitrogens with zero attached hydrogens (tertiary/aromatic N) is 6. The predicted octanol–water partition coefficient (Wildman–Crippen LogP) is 6.26. The van der Waals surface area contributed by atoms with Crippen molar-refractivity contribution in [2.24, 2.45) is 0 Å². The Morgan fingerprint density at radius 1 is 0.830 bits per heavy atom. The van der Waals surface area contributed by atoms with Gasteiger partial charge in [0.25, 0.3) is 0 Å². The number of hydrogen-bond donors (Lipinski definition) is 3. The van der Waals surface area contributed by atoms with Gasteiger partial charge in [-0.05, 0) is 44.2 Å². The Hall–Kier alpha value is -5.70. The number of ether oxygens (including phenoxy) is 1. The van der Waals surface area contributed by atoms with Crippen LogP contribution in [0.2, 0.25) is 0 Å². The molecule has 0 amide bonds. The maximum Gasteiger partial charge on any atom is 0.232 e. The number of sulfonamides is 1. The molecule has 0 unspecified atom stereocenters. The van der Waals surface area contributed by atoms with Crippen molar-refractivity contribution in [2.75, 3.05) is 27.7 Å². The third kappa shape index (κ3) is 6.94. The first kappa shape index (κ1) is 31.3. The van der Waals surface area contributed by atoms with E-state index in [2.05, 4.69) is 25.3 Å². The fraction of sp³-hybridized carbons (Fsp3) is 0.156. The van der Waals surface area contributed by atoms with Gasteiger partial charge >= 0.3 is 0 Å². The summed E-state index contributed by atoms with van der Waals surface area (Å²) in [5.41, 5.74) is 1.89. The minimum Gasteiger partial charge on any atom is -0.494 e. The van der Waals surface area contributed by atoms with Crippen molar-refractivity contribution in [2.45, 2.75) is 20.4 Å². The molecule has 0 atom stereocenters. The van der Waals surface area contributed by atoms with Crippen molar-refractivity contribution in [3.05, 3.63) is 103 Å². The van der Waals surface area contributed by atoms with E-state index in [9.17, 15) is 8.42 Å². The fourth-order valence-corrected chi connectivity index (χ4v) is 5.41. The number of anilines is 5. The number of benzene rings is 2. The Balaban J connectivity index is 1.53. The Bertz CT molecular complexity index is 2060. The normalized spacial score (nSPS) is 11.4. The molecule has 2 aromatic carbocycles. The molecule has 4 heterocycles. The van der Waals surface area contributed by atoms with Crippen molar-refractivity contribution < 1.29 is 21.9 Å². The van der Waals surface area contributed by atoms with Crippen molar-refractivity contribution in [3.63, 3.8) is 0 Å². The lowest BCUT2D eigenvalue weighted by Crippen LogP contribution is -2.18. The molecule has 47 heavy (non-hydrogen) atoms. The minimum atomic E-state index is -3.79. The van der Waals surface area contributed by atoms with Gasteiger partial charge in [0.15, 0.2) is 17.5 Å². The average molecular weight is 658 g/mol. The number of fused-ring (bicyclic) bond motifs is 1. The van der Waals surface area contributed by atoms with E-state index in [4.69, 9.17) is 19.8 Å². The zero-order valence-electron chi connectivity index (χ0n) is 25.3. The number of pyridine rings is 2. The Morgan fingerprint density at radius 3 is 1.96 bits per heavy atom. The molecule has 6 rings (SSSR count). The van der Waals surface area contributed by atoms with Crippen molar-refractivity contribution in [1.82, 2.24) is 29.7 Å². The third-order valence-corrected chi connectivity index (χ3v) is 8.31. The van der Waals surface area contributed by atoms with E-state index in [0.29, 0.717) is 28.0 Å². The van der Waals surface area contributed by atoms with Crippen LogP contribution in [0, 0.1) is 11.6 Å². The van der Waals surface area contributed by atoms with E-state index in [1.165, 1.54) is 11.6 Å². The van der Waals surface area contributed by atoms with E-state index in [0.717, 1.165) is 12.1 Å². The highest BCUT2D eigenvalue weighted by Gasteiger charge is 2.24. The van der Waals surface area contributed by atoms with Gasteiger partial charge in [-0.25, -0.2) is 27.2 Å². The van der Waals surface area contributed by atoms with E-state index in [1.807, 2.05) is 0 Å². The fourth-order valence-electron chi connectivity index (χ4n) is 4.76. The lowest BCUT2D eigenvalue weighted by Gasteiger charge is -2.18. The molecule has 0 aliphatic heterocycles. The summed E-state index contributed by atoms with van der Waals surface area (Å²) in [6.07, 6.45) is 6.30. The summed E-state index contributed by atoms with van der Waals surface area (Å²) in [7, 11) is -3.79. The molecule has 0 bridgehead atoms. The van der Waals surface area contributed by atoms with Crippen LogP contribution in [0.4, 0.5) is 37.5 Å². The molecule has 0 fully saturated rings. The summed E-state index contributed by atoms with van der Waals surface area (Å²) in [6, 6.07) is 16.2. The van der Waals surface area contributed by atoms with Gasteiger partial charge in [-0.3, -0.25) is 19.4 Å². The maximum atomic E-state index is 15.1. The summed E-state index contributed by atoms with van der Waals surface area (Å²) in [5.74, 6) is -1.30. The van der Waals surface area contributed by atoms with Gasteiger partial charge in [-0.15, -0.1) is 0 Å². The lowest BCUT2D eigenvalue weighted by atomic mass is 10.1. The second-order valence-electron chi connectivity index (χ2n) is 10.2. The SMILES string of the molecule is CCOc1cc(F)c(Cn2nc(-c3nc(Nc4ccncc4)c(NS(=O)(=O)CC)c(Nc4ccncc4)n3)c3ccccc32)c(F)c1. The van der Waals surface area contributed by atoms with Gasteiger partial charge in [-0.2, -0.15) is 5.10 Å². The monoisotopic (exact) mass is 657 g/mol. The van der Waals surface area contributed by atoms with Crippen molar-refractivity contribution in [1.29, 1.82) is 0 Å². The number of para-hydroxylation sites is 1. The molecule has 0 saturated heterocycles. The predicted molar refractivity (Wildman–Crippen MR) is 176 cm³/mol. The van der Waals surface area contributed by atoms with Crippen molar-refractivity contribution >= 4 is 49.6 Å². The minimum absolute atomic E-state index is 0.0616. The topological polar surface area (TPSA) is 149 Å². The Kier molecular flexibility index (Phi) is 8.88. The van der Waals surface area contributed by atoms with Crippen LogP contribution in [0.1, 0.15) is 19.4 Å². The molecule has 0 saturated carbocycles. The highest BCUT2D eigenvalue weighted by Crippen LogP contribution is 2.37. The van der Waals surface area contributed by atoms with Gasteiger partial charge in [0.05, 0.1) is 24.4 Å². The molecule has 0 aliphatic carbocycles. The molecule has 0 spiro atoms. The summed E-state index contributed by atoms with van der Waals surface area (Å²) in [6.45, 7) is 3.27. The second kappa shape index (κ2) is 13.3. The van der Waals surface area contributed by atoms with E-state index in [-0.39, 0.29) is 53.4 Å².